The Morgan fingerprint density at radius 3 is 2.67 bits per heavy atom. The number of halogens is 1. The third-order valence-electron chi connectivity index (χ3n) is 2.29. The first-order chi connectivity index (χ1) is 8.66. The van der Waals surface area contributed by atoms with Gasteiger partial charge in [0.1, 0.15) is 0 Å². The molecule has 5 heteroatoms. The first-order valence-electron chi connectivity index (χ1n) is 5.20. The van der Waals surface area contributed by atoms with E-state index in [9.17, 15) is 10.1 Å². The number of nitro groups is 1. The van der Waals surface area contributed by atoms with Gasteiger partial charge in [0.25, 0.3) is 5.69 Å². The number of para-hydroxylation sites is 1. The SMILES string of the molecule is O=[N+]([O-])c1ccccc1C=Nc1cccc(Cl)c1. The van der Waals surface area contributed by atoms with Gasteiger partial charge in [0.15, 0.2) is 0 Å². The van der Waals surface area contributed by atoms with Crippen molar-refractivity contribution in [3.8, 4) is 0 Å². The van der Waals surface area contributed by atoms with Gasteiger partial charge in [-0.2, -0.15) is 0 Å². The number of nitrogens with zero attached hydrogens (tertiary/aromatic N) is 2. The molecule has 0 radical (unpaired) electrons. The fourth-order valence-corrected chi connectivity index (χ4v) is 1.65. The van der Waals surface area contributed by atoms with Crippen LogP contribution in [-0.2, 0) is 0 Å². The number of aliphatic imine (C=N–C) groups is 1. The Bertz CT molecular complexity index is 611. The van der Waals surface area contributed by atoms with Crippen LogP contribution in [0.3, 0.4) is 0 Å². The molecule has 0 fully saturated rings. The molecule has 0 atom stereocenters. The predicted octanol–water partition coefficient (Wildman–Crippen LogP) is 4.00. The Kier molecular flexibility index (Phi) is 3.69. The van der Waals surface area contributed by atoms with E-state index in [2.05, 4.69) is 4.99 Å². The maximum absolute atomic E-state index is 10.8. The highest BCUT2D eigenvalue weighted by molar-refractivity contribution is 6.30. The van der Waals surface area contributed by atoms with Crippen LogP contribution in [0.25, 0.3) is 0 Å². The van der Waals surface area contributed by atoms with Crippen LogP contribution in [0.15, 0.2) is 53.5 Å². The average Bonchev–Trinajstić information content (AvgIpc) is 2.37. The molecule has 0 saturated heterocycles. The normalized spacial score (nSPS) is 10.7. The lowest BCUT2D eigenvalue weighted by Gasteiger charge is -1.97. The highest BCUT2D eigenvalue weighted by Gasteiger charge is 2.09. The van der Waals surface area contributed by atoms with Gasteiger partial charge < -0.3 is 0 Å². The van der Waals surface area contributed by atoms with E-state index in [4.69, 9.17) is 11.6 Å². The van der Waals surface area contributed by atoms with E-state index in [0.29, 0.717) is 16.3 Å². The maximum Gasteiger partial charge on any atom is 0.278 e. The second-order valence-corrected chi connectivity index (χ2v) is 3.99. The lowest BCUT2D eigenvalue weighted by Crippen LogP contribution is -1.93. The Labute approximate surface area is 109 Å². The van der Waals surface area contributed by atoms with E-state index in [1.54, 1.807) is 42.5 Å². The highest BCUT2D eigenvalue weighted by Crippen LogP contribution is 2.20. The summed E-state index contributed by atoms with van der Waals surface area (Å²) in [6.45, 7) is 0. The predicted molar refractivity (Wildman–Crippen MR) is 71.8 cm³/mol. The van der Waals surface area contributed by atoms with Crippen LogP contribution < -0.4 is 0 Å². The molecule has 0 aliphatic rings. The molecule has 0 bridgehead atoms. The summed E-state index contributed by atoms with van der Waals surface area (Å²) in [7, 11) is 0. The van der Waals surface area contributed by atoms with E-state index < -0.39 is 4.92 Å². The summed E-state index contributed by atoms with van der Waals surface area (Å²) in [6.07, 6.45) is 1.46. The number of hydrogen-bond donors (Lipinski definition) is 0. The largest absolute Gasteiger partial charge is 0.278 e. The minimum atomic E-state index is -0.431. The fraction of sp³-hybridized carbons (Fsp3) is 0. The van der Waals surface area contributed by atoms with Gasteiger partial charge in [-0.15, -0.1) is 0 Å². The Hall–Kier alpha value is -2.20. The lowest BCUT2D eigenvalue weighted by molar-refractivity contribution is -0.385. The smallest absolute Gasteiger partial charge is 0.258 e. The van der Waals surface area contributed by atoms with Crippen LogP contribution in [0.2, 0.25) is 5.02 Å². The molecule has 0 aromatic heterocycles. The summed E-state index contributed by atoms with van der Waals surface area (Å²) >= 11 is 5.83. The zero-order valence-corrected chi connectivity index (χ0v) is 10.0. The van der Waals surface area contributed by atoms with Gasteiger partial charge in [-0.25, -0.2) is 0 Å². The van der Waals surface area contributed by atoms with Crippen molar-refractivity contribution in [1.29, 1.82) is 0 Å². The van der Waals surface area contributed by atoms with Crippen LogP contribution in [-0.4, -0.2) is 11.1 Å². The first kappa shape index (κ1) is 12.3. The van der Waals surface area contributed by atoms with Crippen LogP contribution in [0.5, 0.6) is 0 Å². The van der Waals surface area contributed by atoms with E-state index in [0.717, 1.165) is 0 Å². The van der Waals surface area contributed by atoms with E-state index in [-0.39, 0.29) is 5.69 Å². The summed E-state index contributed by atoms with van der Waals surface area (Å²) in [5, 5.41) is 11.4. The van der Waals surface area contributed by atoms with Gasteiger partial charge in [-0.1, -0.05) is 29.8 Å². The Balaban J connectivity index is 2.32. The molecule has 2 aromatic rings. The van der Waals surface area contributed by atoms with Crippen LogP contribution in [0, 0.1) is 10.1 Å². The number of benzene rings is 2. The van der Waals surface area contributed by atoms with Gasteiger partial charge >= 0.3 is 0 Å². The molecular weight excluding hydrogens is 252 g/mol. The number of nitro benzene ring substituents is 1. The lowest BCUT2D eigenvalue weighted by atomic mass is 10.2. The monoisotopic (exact) mass is 260 g/mol. The average molecular weight is 261 g/mol. The van der Waals surface area contributed by atoms with Gasteiger partial charge in [0.05, 0.1) is 16.2 Å². The molecule has 0 N–H and O–H groups in total. The summed E-state index contributed by atoms with van der Waals surface area (Å²) in [4.78, 5) is 14.5. The van der Waals surface area contributed by atoms with Gasteiger partial charge in [-0.05, 0) is 24.3 Å². The van der Waals surface area contributed by atoms with Crippen LogP contribution >= 0.6 is 11.6 Å². The third kappa shape index (κ3) is 2.93. The minimum absolute atomic E-state index is 0.0308. The van der Waals surface area contributed by atoms with Crippen molar-refractivity contribution >= 4 is 29.2 Å². The Morgan fingerprint density at radius 2 is 1.94 bits per heavy atom. The van der Waals surface area contributed by atoms with Gasteiger partial charge in [-0.3, -0.25) is 15.1 Å². The molecular formula is C13H9ClN2O2. The zero-order chi connectivity index (χ0) is 13.0. The zero-order valence-electron chi connectivity index (χ0n) is 9.29. The summed E-state index contributed by atoms with van der Waals surface area (Å²) in [6, 6.07) is 13.4. The summed E-state index contributed by atoms with van der Waals surface area (Å²) in [5.74, 6) is 0. The maximum atomic E-state index is 10.8. The van der Waals surface area contributed by atoms with Crippen molar-refractivity contribution in [1.82, 2.24) is 0 Å². The molecule has 2 aromatic carbocycles. The van der Waals surface area contributed by atoms with Crippen molar-refractivity contribution in [3.05, 3.63) is 69.2 Å². The Morgan fingerprint density at radius 1 is 1.17 bits per heavy atom. The minimum Gasteiger partial charge on any atom is -0.258 e. The van der Waals surface area contributed by atoms with E-state index >= 15 is 0 Å². The molecule has 18 heavy (non-hydrogen) atoms. The van der Waals surface area contributed by atoms with Crippen LogP contribution in [0.4, 0.5) is 11.4 Å². The van der Waals surface area contributed by atoms with Gasteiger partial charge in [0.2, 0.25) is 0 Å². The van der Waals surface area contributed by atoms with Crippen molar-refractivity contribution in [3.63, 3.8) is 0 Å². The van der Waals surface area contributed by atoms with Crippen molar-refractivity contribution in [2.75, 3.05) is 0 Å². The summed E-state index contributed by atoms with van der Waals surface area (Å²) in [5.41, 5.74) is 1.14. The second kappa shape index (κ2) is 5.42. The fourth-order valence-electron chi connectivity index (χ4n) is 1.46. The van der Waals surface area contributed by atoms with E-state index in [1.165, 1.54) is 12.3 Å². The van der Waals surface area contributed by atoms with Crippen molar-refractivity contribution in [2.45, 2.75) is 0 Å². The molecule has 0 aliphatic carbocycles. The molecule has 2 rings (SSSR count). The summed E-state index contributed by atoms with van der Waals surface area (Å²) < 4.78 is 0. The van der Waals surface area contributed by atoms with Crippen molar-refractivity contribution in [2.24, 2.45) is 4.99 Å². The highest BCUT2D eigenvalue weighted by atomic mass is 35.5. The molecule has 90 valence electrons. The van der Waals surface area contributed by atoms with Crippen LogP contribution in [0.1, 0.15) is 5.56 Å². The number of hydrogen-bond acceptors (Lipinski definition) is 3. The molecule has 0 spiro atoms. The molecule has 0 heterocycles. The first-order valence-corrected chi connectivity index (χ1v) is 5.57. The molecule has 0 aliphatic heterocycles. The molecule has 0 amide bonds. The molecule has 0 unspecified atom stereocenters. The molecule has 0 saturated carbocycles. The second-order valence-electron chi connectivity index (χ2n) is 3.55. The standard InChI is InChI=1S/C13H9ClN2O2/c14-11-5-3-6-12(8-11)15-9-10-4-1-2-7-13(10)16(17)18/h1-9H. The number of rotatable bonds is 3. The third-order valence-corrected chi connectivity index (χ3v) is 2.53. The van der Waals surface area contributed by atoms with Crippen molar-refractivity contribution < 1.29 is 4.92 Å². The van der Waals surface area contributed by atoms with Gasteiger partial charge in [0, 0.05) is 17.3 Å². The molecule has 4 nitrogen and oxygen atoms in total. The topological polar surface area (TPSA) is 55.5 Å². The van der Waals surface area contributed by atoms with E-state index in [1.807, 2.05) is 0 Å². The quantitative estimate of drug-likeness (QED) is 0.476.